The second-order valence-electron chi connectivity index (χ2n) is 3.02. The predicted octanol–water partition coefficient (Wildman–Crippen LogP) is 1.63. The SMILES string of the molecule is CN(CCCCCCC(=O)O)N=O. The monoisotopic (exact) mass is 188 g/mol. The van der Waals surface area contributed by atoms with E-state index in [1.54, 1.807) is 7.05 Å². The van der Waals surface area contributed by atoms with Gasteiger partial charge in [0.2, 0.25) is 0 Å². The van der Waals surface area contributed by atoms with Crippen LogP contribution in [0.1, 0.15) is 32.1 Å². The van der Waals surface area contributed by atoms with Gasteiger partial charge in [-0.1, -0.05) is 12.8 Å². The fourth-order valence-corrected chi connectivity index (χ4v) is 1.01. The highest BCUT2D eigenvalue weighted by atomic mass is 16.4. The van der Waals surface area contributed by atoms with Crippen LogP contribution in [0.2, 0.25) is 0 Å². The topological polar surface area (TPSA) is 70.0 Å². The predicted molar refractivity (Wildman–Crippen MR) is 49.1 cm³/mol. The normalized spacial score (nSPS) is 9.62. The maximum Gasteiger partial charge on any atom is 0.303 e. The van der Waals surface area contributed by atoms with E-state index in [0.717, 1.165) is 19.3 Å². The zero-order valence-corrected chi connectivity index (χ0v) is 7.90. The van der Waals surface area contributed by atoms with E-state index in [4.69, 9.17) is 5.11 Å². The van der Waals surface area contributed by atoms with Crippen molar-refractivity contribution in [1.29, 1.82) is 0 Å². The summed E-state index contributed by atoms with van der Waals surface area (Å²) >= 11 is 0. The van der Waals surface area contributed by atoms with Crippen molar-refractivity contribution in [2.24, 2.45) is 5.29 Å². The van der Waals surface area contributed by atoms with Crippen molar-refractivity contribution in [3.63, 3.8) is 0 Å². The van der Waals surface area contributed by atoms with Crippen LogP contribution in [0.4, 0.5) is 0 Å². The maximum atomic E-state index is 10.1. The lowest BCUT2D eigenvalue weighted by atomic mass is 10.1. The molecule has 0 bridgehead atoms. The van der Waals surface area contributed by atoms with E-state index in [9.17, 15) is 9.70 Å². The van der Waals surface area contributed by atoms with Crippen molar-refractivity contribution in [1.82, 2.24) is 5.01 Å². The number of unbranched alkanes of at least 4 members (excludes halogenated alkanes) is 3. The Hall–Kier alpha value is -1.13. The smallest absolute Gasteiger partial charge is 0.303 e. The molecule has 0 aliphatic carbocycles. The van der Waals surface area contributed by atoms with Gasteiger partial charge in [-0.2, -0.15) is 0 Å². The van der Waals surface area contributed by atoms with Crippen molar-refractivity contribution in [2.75, 3.05) is 13.6 Å². The van der Waals surface area contributed by atoms with Gasteiger partial charge >= 0.3 is 5.97 Å². The highest BCUT2D eigenvalue weighted by molar-refractivity contribution is 5.66. The summed E-state index contributed by atoms with van der Waals surface area (Å²) in [6.45, 7) is 0.649. The molecule has 0 saturated heterocycles. The Balaban J connectivity index is 3.08. The lowest BCUT2D eigenvalue weighted by Crippen LogP contribution is -2.11. The van der Waals surface area contributed by atoms with Gasteiger partial charge in [0.15, 0.2) is 0 Å². The van der Waals surface area contributed by atoms with Gasteiger partial charge in [0.1, 0.15) is 0 Å². The Kier molecular flexibility index (Phi) is 6.86. The average molecular weight is 188 g/mol. The van der Waals surface area contributed by atoms with E-state index < -0.39 is 5.97 Å². The molecule has 5 nitrogen and oxygen atoms in total. The summed E-state index contributed by atoms with van der Waals surface area (Å²) in [5.74, 6) is -0.744. The van der Waals surface area contributed by atoms with Gasteiger partial charge in [-0.05, 0) is 12.8 Å². The molecule has 5 heteroatoms. The van der Waals surface area contributed by atoms with E-state index in [1.165, 1.54) is 5.01 Å². The summed E-state index contributed by atoms with van der Waals surface area (Å²) in [5, 5.41) is 12.4. The van der Waals surface area contributed by atoms with E-state index in [-0.39, 0.29) is 6.42 Å². The Bertz CT molecular complexity index is 161. The molecule has 0 aromatic rings. The first-order valence-corrected chi connectivity index (χ1v) is 4.43. The summed E-state index contributed by atoms with van der Waals surface area (Å²) in [4.78, 5) is 20.0. The molecule has 0 amide bonds. The first-order chi connectivity index (χ1) is 6.16. The van der Waals surface area contributed by atoms with Crippen LogP contribution < -0.4 is 0 Å². The third-order valence-corrected chi connectivity index (χ3v) is 1.76. The molecule has 0 atom stereocenters. The molecule has 76 valence electrons. The molecule has 0 radical (unpaired) electrons. The molecule has 0 aliphatic heterocycles. The summed E-state index contributed by atoms with van der Waals surface area (Å²) in [5.41, 5.74) is 0. The van der Waals surface area contributed by atoms with Gasteiger partial charge in [-0.25, -0.2) is 0 Å². The van der Waals surface area contributed by atoms with Gasteiger partial charge in [-0.3, -0.25) is 9.80 Å². The van der Waals surface area contributed by atoms with Gasteiger partial charge in [0.05, 0.1) is 5.29 Å². The van der Waals surface area contributed by atoms with Crippen molar-refractivity contribution in [3.05, 3.63) is 4.91 Å². The lowest BCUT2D eigenvalue weighted by Gasteiger charge is -2.06. The van der Waals surface area contributed by atoms with E-state index in [2.05, 4.69) is 5.29 Å². The largest absolute Gasteiger partial charge is 0.481 e. The zero-order chi connectivity index (χ0) is 10.1. The number of carboxylic acids is 1. The number of nitrogens with zero attached hydrogens (tertiary/aromatic N) is 2. The van der Waals surface area contributed by atoms with Gasteiger partial charge in [0, 0.05) is 20.0 Å². The number of aliphatic carboxylic acids is 1. The minimum absolute atomic E-state index is 0.238. The Morgan fingerprint density at radius 1 is 1.31 bits per heavy atom. The molecule has 0 aromatic carbocycles. The number of nitroso groups, excluding NO2 is 1. The van der Waals surface area contributed by atoms with Crippen LogP contribution in [0.25, 0.3) is 0 Å². The van der Waals surface area contributed by atoms with Crippen LogP contribution in [-0.2, 0) is 4.79 Å². The highest BCUT2D eigenvalue weighted by Crippen LogP contribution is 2.03. The molecule has 0 rings (SSSR count). The summed E-state index contributed by atoms with van der Waals surface area (Å²) in [6.07, 6.45) is 3.70. The third-order valence-electron chi connectivity index (χ3n) is 1.76. The average Bonchev–Trinajstić information content (AvgIpc) is 2.10. The van der Waals surface area contributed by atoms with E-state index in [1.807, 2.05) is 0 Å². The number of rotatable bonds is 8. The quantitative estimate of drug-likeness (QED) is 0.357. The van der Waals surface area contributed by atoms with Crippen LogP contribution in [0.3, 0.4) is 0 Å². The van der Waals surface area contributed by atoms with Crippen LogP contribution in [-0.4, -0.2) is 29.7 Å². The molecule has 0 saturated carbocycles. The second kappa shape index (κ2) is 7.52. The molecule has 13 heavy (non-hydrogen) atoms. The number of hydrogen-bond acceptors (Lipinski definition) is 3. The zero-order valence-electron chi connectivity index (χ0n) is 7.90. The number of hydrogen-bond donors (Lipinski definition) is 1. The maximum absolute atomic E-state index is 10.1. The molecule has 0 aliphatic rings. The standard InChI is InChI=1S/C8H16N2O3/c1-10(9-13)7-5-3-2-4-6-8(11)12/h2-7H2,1H3,(H,11,12). The number of carbonyl (C=O) groups is 1. The molecular formula is C8H16N2O3. The fraction of sp³-hybridized carbons (Fsp3) is 0.875. The van der Waals surface area contributed by atoms with Gasteiger partial charge < -0.3 is 5.11 Å². The molecule has 0 spiro atoms. The van der Waals surface area contributed by atoms with Crippen LogP contribution >= 0.6 is 0 Å². The van der Waals surface area contributed by atoms with Gasteiger partial charge in [0.25, 0.3) is 0 Å². The fourth-order valence-electron chi connectivity index (χ4n) is 1.01. The Morgan fingerprint density at radius 2 is 1.92 bits per heavy atom. The summed E-state index contributed by atoms with van der Waals surface area (Å²) in [6, 6.07) is 0. The van der Waals surface area contributed by atoms with Crippen molar-refractivity contribution in [3.8, 4) is 0 Å². The van der Waals surface area contributed by atoms with Crippen LogP contribution in [0, 0.1) is 4.91 Å². The second-order valence-corrected chi connectivity index (χ2v) is 3.02. The van der Waals surface area contributed by atoms with Crippen molar-refractivity contribution < 1.29 is 9.90 Å². The minimum atomic E-state index is -0.744. The van der Waals surface area contributed by atoms with Gasteiger partial charge in [-0.15, -0.1) is 4.91 Å². The molecule has 1 N–H and O–H groups in total. The molecule has 0 fully saturated rings. The van der Waals surface area contributed by atoms with Crippen molar-refractivity contribution in [2.45, 2.75) is 32.1 Å². The van der Waals surface area contributed by atoms with E-state index >= 15 is 0 Å². The van der Waals surface area contributed by atoms with Crippen molar-refractivity contribution >= 4 is 5.97 Å². The number of carboxylic acid groups (broad SMARTS) is 1. The molecule has 0 unspecified atom stereocenters. The highest BCUT2D eigenvalue weighted by Gasteiger charge is 1.97. The third kappa shape index (κ3) is 8.78. The molecular weight excluding hydrogens is 172 g/mol. The molecule has 0 heterocycles. The van der Waals surface area contributed by atoms with E-state index in [0.29, 0.717) is 13.0 Å². The summed E-state index contributed by atoms with van der Waals surface area (Å²) in [7, 11) is 1.63. The first kappa shape index (κ1) is 11.9. The summed E-state index contributed by atoms with van der Waals surface area (Å²) < 4.78 is 0. The Labute approximate surface area is 77.7 Å². The lowest BCUT2D eigenvalue weighted by molar-refractivity contribution is -0.137. The van der Waals surface area contributed by atoms with Crippen LogP contribution in [0.5, 0.6) is 0 Å². The first-order valence-electron chi connectivity index (χ1n) is 4.43. The van der Waals surface area contributed by atoms with Crippen LogP contribution in [0.15, 0.2) is 5.29 Å². The molecule has 0 aromatic heterocycles. The minimum Gasteiger partial charge on any atom is -0.481 e. The Morgan fingerprint density at radius 3 is 2.46 bits per heavy atom.